The topological polar surface area (TPSA) is 44.5 Å². The molecule has 0 radical (unpaired) electrons. The highest BCUT2D eigenvalue weighted by molar-refractivity contribution is 5.69. The smallest absolute Gasteiger partial charge is 0.127 e. The first-order chi connectivity index (χ1) is 16.6. The van der Waals surface area contributed by atoms with E-state index in [0.717, 1.165) is 48.7 Å². The molecule has 0 unspecified atom stereocenters. The van der Waals surface area contributed by atoms with Crippen LogP contribution in [0.1, 0.15) is 5.56 Å². The van der Waals surface area contributed by atoms with E-state index in [9.17, 15) is 9.50 Å². The predicted molar refractivity (Wildman–Crippen MR) is 134 cm³/mol. The molecule has 6 heteroatoms. The van der Waals surface area contributed by atoms with E-state index in [-0.39, 0.29) is 5.82 Å². The highest BCUT2D eigenvalue weighted by atomic mass is 19.1. The van der Waals surface area contributed by atoms with Crippen LogP contribution in [0.15, 0.2) is 84.9 Å². The van der Waals surface area contributed by atoms with E-state index in [0.29, 0.717) is 12.1 Å². The number of piperazine rings is 1. The van der Waals surface area contributed by atoms with Gasteiger partial charge in [-0.25, -0.2) is 4.39 Å². The molecule has 0 bridgehead atoms. The van der Waals surface area contributed by atoms with Crippen molar-refractivity contribution in [2.24, 2.45) is 0 Å². The quantitative estimate of drug-likeness (QED) is 0.453. The fourth-order valence-corrected chi connectivity index (χ4v) is 4.53. The molecular weight excluding hydrogens is 427 g/mol. The Morgan fingerprint density at radius 2 is 1.53 bits per heavy atom. The van der Waals surface area contributed by atoms with Crippen molar-refractivity contribution in [2.45, 2.75) is 19.7 Å². The molecule has 4 aromatic rings. The largest absolute Gasteiger partial charge is 0.376 e. The first-order valence-electron chi connectivity index (χ1n) is 11.7. The average molecular weight is 457 g/mol. The fraction of sp³-hybridized carbons (Fsp3) is 0.250. The van der Waals surface area contributed by atoms with Gasteiger partial charge in [0.2, 0.25) is 0 Å². The van der Waals surface area contributed by atoms with E-state index in [4.69, 9.17) is 5.10 Å². The van der Waals surface area contributed by atoms with Gasteiger partial charge in [0, 0.05) is 37.4 Å². The summed E-state index contributed by atoms with van der Waals surface area (Å²) in [4.78, 5) is 4.46. The van der Waals surface area contributed by atoms with Crippen LogP contribution in [-0.2, 0) is 6.54 Å². The molecule has 0 spiro atoms. The molecule has 1 atom stereocenters. The van der Waals surface area contributed by atoms with E-state index in [1.54, 1.807) is 13.0 Å². The number of para-hydroxylation sites is 1. The number of nitrogens with zero attached hydrogens (tertiary/aromatic N) is 4. The van der Waals surface area contributed by atoms with Crippen molar-refractivity contribution in [3.05, 3.63) is 96.3 Å². The van der Waals surface area contributed by atoms with Gasteiger partial charge in [-0.05, 0) is 54.4 Å². The maximum atomic E-state index is 13.8. The molecule has 0 aliphatic carbocycles. The van der Waals surface area contributed by atoms with Gasteiger partial charge in [0.1, 0.15) is 12.0 Å². The average Bonchev–Trinajstić information content (AvgIpc) is 3.30. The Morgan fingerprint density at radius 1 is 0.853 bits per heavy atom. The first-order valence-corrected chi connectivity index (χ1v) is 11.7. The van der Waals surface area contributed by atoms with Crippen molar-refractivity contribution >= 4 is 5.69 Å². The molecular formula is C28H29FN4O. The number of hydrogen-bond acceptors (Lipinski definition) is 4. The Labute approximate surface area is 199 Å². The van der Waals surface area contributed by atoms with Crippen molar-refractivity contribution in [3.63, 3.8) is 0 Å². The minimum Gasteiger partial charge on any atom is -0.376 e. The summed E-state index contributed by atoms with van der Waals surface area (Å²) in [6, 6.07) is 27.5. The third-order valence-electron chi connectivity index (χ3n) is 6.50. The van der Waals surface area contributed by atoms with E-state index in [1.807, 2.05) is 53.2 Å². The van der Waals surface area contributed by atoms with E-state index in [2.05, 4.69) is 34.1 Å². The van der Waals surface area contributed by atoms with Gasteiger partial charge in [0.15, 0.2) is 0 Å². The highest BCUT2D eigenvalue weighted by Gasteiger charge is 2.24. The molecule has 5 rings (SSSR count). The van der Waals surface area contributed by atoms with Crippen molar-refractivity contribution in [2.75, 3.05) is 31.1 Å². The van der Waals surface area contributed by atoms with E-state index in [1.165, 1.54) is 11.8 Å². The Bertz CT molecular complexity index is 1230. The molecule has 0 amide bonds. The summed E-state index contributed by atoms with van der Waals surface area (Å²) in [6.45, 7) is 5.41. The molecule has 1 saturated heterocycles. The number of anilines is 1. The Morgan fingerprint density at radius 3 is 2.21 bits per heavy atom. The summed E-state index contributed by atoms with van der Waals surface area (Å²) < 4.78 is 15.7. The van der Waals surface area contributed by atoms with Crippen LogP contribution in [0.5, 0.6) is 0 Å². The Kier molecular flexibility index (Phi) is 6.43. The molecule has 34 heavy (non-hydrogen) atoms. The zero-order valence-corrected chi connectivity index (χ0v) is 19.3. The van der Waals surface area contributed by atoms with Gasteiger partial charge >= 0.3 is 0 Å². The Hall–Kier alpha value is -3.48. The van der Waals surface area contributed by atoms with Gasteiger partial charge < -0.3 is 10.0 Å². The lowest BCUT2D eigenvalue weighted by Gasteiger charge is -2.38. The van der Waals surface area contributed by atoms with Gasteiger partial charge in [-0.1, -0.05) is 48.5 Å². The molecule has 0 saturated carbocycles. The fourth-order valence-electron chi connectivity index (χ4n) is 4.53. The summed E-state index contributed by atoms with van der Waals surface area (Å²) in [5.74, 6) is -0.225. The third kappa shape index (κ3) is 4.74. The van der Waals surface area contributed by atoms with E-state index >= 15 is 0 Å². The monoisotopic (exact) mass is 456 g/mol. The van der Waals surface area contributed by atoms with Gasteiger partial charge in [-0.3, -0.25) is 9.58 Å². The van der Waals surface area contributed by atoms with Crippen molar-refractivity contribution in [1.29, 1.82) is 0 Å². The molecule has 1 aliphatic heterocycles. The van der Waals surface area contributed by atoms with Crippen LogP contribution in [0.3, 0.4) is 0 Å². The van der Waals surface area contributed by atoms with Crippen LogP contribution in [0.4, 0.5) is 10.1 Å². The molecule has 1 aromatic heterocycles. The zero-order valence-electron chi connectivity index (χ0n) is 19.3. The van der Waals surface area contributed by atoms with Crippen molar-refractivity contribution in [3.8, 4) is 22.5 Å². The number of aromatic nitrogens is 2. The van der Waals surface area contributed by atoms with Crippen LogP contribution < -0.4 is 4.90 Å². The van der Waals surface area contributed by atoms with Crippen molar-refractivity contribution in [1.82, 2.24) is 14.7 Å². The molecule has 3 aromatic carbocycles. The maximum absolute atomic E-state index is 13.8. The lowest BCUT2D eigenvalue weighted by molar-refractivity contribution is -0.0135. The normalized spacial score (nSPS) is 15.4. The third-order valence-corrected chi connectivity index (χ3v) is 6.50. The summed E-state index contributed by atoms with van der Waals surface area (Å²) in [6.07, 6.45) is -0.650. The van der Waals surface area contributed by atoms with Gasteiger partial charge in [-0.2, -0.15) is 5.10 Å². The van der Waals surface area contributed by atoms with Crippen LogP contribution >= 0.6 is 0 Å². The van der Waals surface area contributed by atoms with Crippen LogP contribution in [0, 0.1) is 12.7 Å². The van der Waals surface area contributed by atoms with Gasteiger partial charge in [0.25, 0.3) is 0 Å². The number of aryl methyl sites for hydroxylation is 1. The number of aliphatic hydroxyl groups excluding tert-OH is 1. The second kappa shape index (κ2) is 9.79. The molecule has 1 N–H and O–H groups in total. The van der Waals surface area contributed by atoms with E-state index < -0.39 is 6.23 Å². The lowest BCUT2D eigenvalue weighted by atomic mass is 10.1. The lowest BCUT2D eigenvalue weighted by Crippen LogP contribution is -2.51. The summed E-state index contributed by atoms with van der Waals surface area (Å²) >= 11 is 0. The van der Waals surface area contributed by atoms with Gasteiger partial charge in [-0.15, -0.1) is 0 Å². The summed E-state index contributed by atoms with van der Waals surface area (Å²) in [7, 11) is 0. The molecule has 2 heterocycles. The molecule has 1 aliphatic rings. The SMILES string of the molecule is Cc1cc(-c2cc(-c3ccccc3)n(C[C@H](O)N3CCN(c4ccccc4)CC3)n2)ccc1F. The number of benzene rings is 3. The van der Waals surface area contributed by atoms with Crippen LogP contribution in [0.25, 0.3) is 22.5 Å². The summed E-state index contributed by atoms with van der Waals surface area (Å²) in [5.41, 5.74) is 5.39. The highest BCUT2D eigenvalue weighted by Crippen LogP contribution is 2.28. The number of hydrogen-bond donors (Lipinski definition) is 1. The van der Waals surface area contributed by atoms with Crippen LogP contribution in [0.2, 0.25) is 0 Å². The standard InChI is InChI=1S/C28H29FN4O/c1-21-18-23(12-13-25(21)29)26-19-27(22-8-4-2-5-9-22)33(30-26)20-28(34)32-16-14-31(15-17-32)24-10-6-3-7-11-24/h2-13,18-19,28,34H,14-17,20H2,1H3/t28-/m0/s1. The predicted octanol–water partition coefficient (Wildman–Crippen LogP) is 4.81. The van der Waals surface area contributed by atoms with Crippen molar-refractivity contribution < 1.29 is 9.50 Å². The maximum Gasteiger partial charge on any atom is 0.127 e. The second-order valence-corrected chi connectivity index (χ2v) is 8.77. The molecule has 174 valence electrons. The second-order valence-electron chi connectivity index (χ2n) is 8.77. The first kappa shape index (κ1) is 22.3. The Balaban J connectivity index is 1.36. The number of halogens is 1. The molecule has 1 fully saturated rings. The zero-order chi connectivity index (χ0) is 23.5. The number of rotatable bonds is 6. The minimum absolute atomic E-state index is 0.225. The number of aliphatic hydroxyl groups is 1. The van der Waals surface area contributed by atoms with Gasteiger partial charge in [0.05, 0.1) is 17.9 Å². The summed E-state index contributed by atoms with van der Waals surface area (Å²) in [5, 5.41) is 15.9. The molecule has 5 nitrogen and oxygen atoms in total. The minimum atomic E-state index is -0.650. The van der Waals surface area contributed by atoms with Crippen LogP contribution in [-0.4, -0.2) is 52.2 Å².